The van der Waals surface area contributed by atoms with E-state index in [2.05, 4.69) is 5.10 Å². The summed E-state index contributed by atoms with van der Waals surface area (Å²) >= 11 is 0. The molecule has 0 saturated carbocycles. The summed E-state index contributed by atoms with van der Waals surface area (Å²) in [4.78, 5) is 20.2. The molecule has 0 bridgehead atoms. The van der Waals surface area contributed by atoms with Crippen LogP contribution in [0.2, 0.25) is 0 Å². The lowest BCUT2D eigenvalue weighted by molar-refractivity contribution is -0.393. The van der Waals surface area contributed by atoms with Crippen LogP contribution in [0.15, 0.2) is 30.6 Å². The average molecular weight is 248 g/mol. The number of nitro groups is 2. The highest BCUT2D eigenvalue weighted by Crippen LogP contribution is 2.32. The van der Waals surface area contributed by atoms with Gasteiger partial charge in [0.15, 0.2) is 0 Å². The van der Waals surface area contributed by atoms with Gasteiger partial charge in [-0.3, -0.25) is 24.9 Å². The fraction of sp³-hybridized carbons (Fsp3) is 0.100. The Labute approximate surface area is 101 Å². The van der Waals surface area contributed by atoms with E-state index in [-0.39, 0.29) is 11.4 Å². The number of nitro benzene ring substituents is 2. The van der Waals surface area contributed by atoms with Crippen LogP contribution < -0.4 is 0 Å². The molecule has 0 spiro atoms. The Bertz CT molecular complexity index is 635. The third-order valence-corrected chi connectivity index (χ3v) is 2.40. The molecule has 92 valence electrons. The summed E-state index contributed by atoms with van der Waals surface area (Å²) in [6.45, 7) is 0. The van der Waals surface area contributed by atoms with E-state index in [0.29, 0.717) is 11.1 Å². The van der Waals surface area contributed by atoms with Gasteiger partial charge in [0.25, 0.3) is 11.4 Å². The summed E-state index contributed by atoms with van der Waals surface area (Å²) in [7, 11) is 1.68. The average Bonchev–Trinajstić information content (AvgIpc) is 2.74. The van der Waals surface area contributed by atoms with Crippen LogP contribution in [0.1, 0.15) is 0 Å². The van der Waals surface area contributed by atoms with Gasteiger partial charge in [-0.05, 0) is 6.07 Å². The molecule has 18 heavy (non-hydrogen) atoms. The lowest BCUT2D eigenvalue weighted by Gasteiger charge is -1.99. The quantitative estimate of drug-likeness (QED) is 0.609. The predicted molar refractivity (Wildman–Crippen MR) is 62.0 cm³/mol. The molecule has 1 heterocycles. The summed E-state index contributed by atoms with van der Waals surface area (Å²) in [6, 6.07) is 3.53. The molecule has 0 unspecified atom stereocenters. The lowest BCUT2D eigenvalue weighted by Crippen LogP contribution is -1.95. The SMILES string of the molecule is Cn1cc(-c2ccc([N+](=O)[O-])cc2[N+](=O)[O-])cn1. The number of aromatic nitrogens is 2. The number of benzene rings is 1. The highest BCUT2D eigenvalue weighted by atomic mass is 16.6. The standard InChI is InChI=1S/C10H8N4O4/c1-12-6-7(5-11-12)9-3-2-8(13(15)16)4-10(9)14(17)18/h2-6H,1H3. The second-order valence-corrected chi connectivity index (χ2v) is 3.62. The molecule has 8 nitrogen and oxygen atoms in total. The van der Waals surface area contributed by atoms with Gasteiger partial charge in [-0.2, -0.15) is 5.10 Å². The second-order valence-electron chi connectivity index (χ2n) is 3.62. The van der Waals surface area contributed by atoms with Crippen molar-refractivity contribution in [2.24, 2.45) is 7.05 Å². The van der Waals surface area contributed by atoms with Gasteiger partial charge in [0.1, 0.15) is 0 Å². The molecule has 0 fully saturated rings. The molecule has 2 aromatic rings. The second kappa shape index (κ2) is 4.24. The van der Waals surface area contributed by atoms with E-state index in [1.807, 2.05) is 0 Å². The van der Waals surface area contributed by atoms with Gasteiger partial charge in [-0.15, -0.1) is 0 Å². The minimum absolute atomic E-state index is 0.304. The first kappa shape index (κ1) is 11.7. The van der Waals surface area contributed by atoms with Crippen LogP contribution in [0.3, 0.4) is 0 Å². The van der Waals surface area contributed by atoms with E-state index in [0.717, 1.165) is 6.07 Å². The Hall–Kier alpha value is -2.77. The minimum Gasteiger partial charge on any atom is -0.275 e. The molecule has 1 aromatic carbocycles. The molecule has 0 radical (unpaired) electrons. The molecule has 0 aliphatic carbocycles. The zero-order valence-corrected chi connectivity index (χ0v) is 9.31. The Balaban J connectivity index is 2.60. The van der Waals surface area contributed by atoms with Gasteiger partial charge in [0.2, 0.25) is 0 Å². The van der Waals surface area contributed by atoms with E-state index >= 15 is 0 Å². The molecule has 0 aliphatic rings. The van der Waals surface area contributed by atoms with Crippen molar-refractivity contribution in [2.45, 2.75) is 0 Å². The van der Waals surface area contributed by atoms with Crippen molar-refractivity contribution in [1.82, 2.24) is 9.78 Å². The maximum atomic E-state index is 10.9. The van der Waals surface area contributed by atoms with Gasteiger partial charge in [-0.1, -0.05) is 0 Å². The Morgan fingerprint density at radius 3 is 2.44 bits per heavy atom. The maximum absolute atomic E-state index is 10.9. The molecule has 0 amide bonds. The van der Waals surface area contributed by atoms with E-state index in [4.69, 9.17) is 0 Å². The van der Waals surface area contributed by atoms with E-state index in [1.165, 1.54) is 23.0 Å². The van der Waals surface area contributed by atoms with Crippen molar-refractivity contribution in [2.75, 3.05) is 0 Å². The molecule has 2 rings (SSSR count). The highest BCUT2D eigenvalue weighted by molar-refractivity contribution is 5.74. The van der Waals surface area contributed by atoms with Crippen LogP contribution in [0.4, 0.5) is 11.4 Å². The van der Waals surface area contributed by atoms with Gasteiger partial charge in [0.05, 0.1) is 27.7 Å². The lowest BCUT2D eigenvalue weighted by atomic mass is 10.1. The summed E-state index contributed by atoms with van der Waals surface area (Å²) in [5.74, 6) is 0. The van der Waals surface area contributed by atoms with Crippen LogP contribution in [-0.4, -0.2) is 19.6 Å². The van der Waals surface area contributed by atoms with Crippen LogP contribution >= 0.6 is 0 Å². The zero-order valence-electron chi connectivity index (χ0n) is 9.31. The third-order valence-electron chi connectivity index (χ3n) is 2.40. The first-order chi connectivity index (χ1) is 8.49. The summed E-state index contributed by atoms with van der Waals surface area (Å²) in [6.07, 6.45) is 3.07. The molecular formula is C10H8N4O4. The topological polar surface area (TPSA) is 104 Å². The smallest absolute Gasteiger partial charge is 0.275 e. The third kappa shape index (κ3) is 2.03. The molecule has 0 saturated heterocycles. The van der Waals surface area contributed by atoms with Crippen LogP contribution in [0.25, 0.3) is 11.1 Å². The molecule has 0 aliphatic heterocycles. The summed E-state index contributed by atoms with van der Waals surface area (Å²) < 4.78 is 1.50. The molecule has 0 atom stereocenters. The predicted octanol–water partition coefficient (Wildman–Crippen LogP) is 1.90. The van der Waals surface area contributed by atoms with Crippen molar-refractivity contribution in [3.8, 4) is 11.1 Å². The Morgan fingerprint density at radius 2 is 1.94 bits per heavy atom. The monoisotopic (exact) mass is 248 g/mol. The van der Waals surface area contributed by atoms with E-state index in [1.54, 1.807) is 13.2 Å². The van der Waals surface area contributed by atoms with E-state index < -0.39 is 9.85 Å². The van der Waals surface area contributed by atoms with Crippen molar-refractivity contribution in [3.63, 3.8) is 0 Å². The van der Waals surface area contributed by atoms with Gasteiger partial charge in [-0.25, -0.2) is 0 Å². The fourth-order valence-corrected chi connectivity index (χ4v) is 1.59. The van der Waals surface area contributed by atoms with Gasteiger partial charge >= 0.3 is 0 Å². The Morgan fingerprint density at radius 1 is 1.22 bits per heavy atom. The molecule has 0 N–H and O–H groups in total. The van der Waals surface area contributed by atoms with Crippen LogP contribution in [0, 0.1) is 20.2 Å². The molecule has 1 aromatic heterocycles. The van der Waals surface area contributed by atoms with Crippen molar-refractivity contribution in [1.29, 1.82) is 0 Å². The Kier molecular flexibility index (Phi) is 2.76. The number of rotatable bonds is 3. The minimum atomic E-state index is -0.667. The van der Waals surface area contributed by atoms with Gasteiger partial charge < -0.3 is 0 Å². The molecule has 8 heteroatoms. The normalized spacial score (nSPS) is 10.3. The zero-order chi connectivity index (χ0) is 13.3. The number of nitrogens with zero attached hydrogens (tertiary/aromatic N) is 4. The first-order valence-corrected chi connectivity index (χ1v) is 4.91. The summed E-state index contributed by atoms with van der Waals surface area (Å²) in [5, 5.41) is 25.4. The fourth-order valence-electron chi connectivity index (χ4n) is 1.59. The number of hydrogen-bond donors (Lipinski definition) is 0. The maximum Gasteiger partial charge on any atom is 0.284 e. The van der Waals surface area contributed by atoms with E-state index in [9.17, 15) is 20.2 Å². The van der Waals surface area contributed by atoms with Crippen molar-refractivity contribution >= 4 is 11.4 Å². The first-order valence-electron chi connectivity index (χ1n) is 4.91. The summed E-state index contributed by atoms with van der Waals surface area (Å²) in [5.41, 5.74) is 0.226. The highest BCUT2D eigenvalue weighted by Gasteiger charge is 2.20. The van der Waals surface area contributed by atoms with Crippen molar-refractivity contribution < 1.29 is 9.85 Å². The van der Waals surface area contributed by atoms with Crippen molar-refractivity contribution in [3.05, 3.63) is 50.8 Å². The van der Waals surface area contributed by atoms with Crippen LogP contribution in [0.5, 0.6) is 0 Å². The molecular weight excluding hydrogens is 240 g/mol. The number of hydrogen-bond acceptors (Lipinski definition) is 5. The largest absolute Gasteiger partial charge is 0.284 e. The van der Waals surface area contributed by atoms with Gasteiger partial charge in [0, 0.05) is 24.9 Å². The van der Waals surface area contributed by atoms with Crippen LogP contribution in [-0.2, 0) is 7.05 Å². The number of aryl methyl sites for hydroxylation is 1. The number of non-ortho nitro benzene ring substituents is 1.